The number of carbonyl (C=O) groups is 2. The first kappa shape index (κ1) is 49.7. The number of rotatable bonds is 42. The zero-order chi connectivity index (χ0) is 38.3. The van der Waals surface area contributed by atoms with Gasteiger partial charge in [0.25, 0.3) is 0 Å². The van der Waals surface area contributed by atoms with E-state index in [9.17, 15) is 9.59 Å². The lowest BCUT2D eigenvalue weighted by Gasteiger charge is -2.17. The highest BCUT2D eigenvalue weighted by Crippen LogP contribution is 2.23. The molecule has 0 aromatic heterocycles. The molecule has 52 heavy (non-hydrogen) atoms. The molecule has 11 heteroatoms. The second-order valence-electron chi connectivity index (χ2n) is 13.9. The molecule has 0 aliphatic rings. The number of amides is 1. The van der Waals surface area contributed by atoms with Gasteiger partial charge in [-0.25, -0.2) is 0 Å². The number of aliphatic hydroxyl groups excluding tert-OH is 1. The maximum absolute atomic E-state index is 12.3. The molecule has 1 amide bonds. The zero-order valence-electron chi connectivity index (χ0n) is 32.9. The summed E-state index contributed by atoms with van der Waals surface area (Å²) in [6.45, 7) is 19.0. The third-order valence-electron chi connectivity index (χ3n) is 9.00. The van der Waals surface area contributed by atoms with E-state index in [0.717, 1.165) is 57.2 Å². The normalized spacial score (nSPS) is 12.3. The molecule has 304 valence electrons. The Labute approximate surface area is 316 Å². The number of carbonyl (C=O) groups excluding carboxylic acids is 2. The maximum atomic E-state index is 12.3. The quantitative estimate of drug-likeness (QED) is 0.0138. The molecule has 0 saturated heterocycles. The summed E-state index contributed by atoms with van der Waals surface area (Å²) in [6, 6.07) is -0.505. The number of hydrogen-bond donors (Lipinski definition) is 5. The summed E-state index contributed by atoms with van der Waals surface area (Å²) in [6.07, 6.45) is 22.2. The van der Waals surface area contributed by atoms with Crippen LogP contribution in [0.1, 0.15) is 135 Å². The average Bonchev–Trinajstić information content (AvgIpc) is 3.12. The number of aldehydes is 1. The van der Waals surface area contributed by atoms with Crippen LogP contribution in [-0.4, -0.2) is 94.5 Å². The van der Waals surface area contributed by atoms with Crippen LogP contribution in [0.2, 0.25) is 0 Å². The summed E-state index contributed by atoms with van der Waals surface area (Å²) in [4.78, 5) is 23.0. The van der Waals surface area contributed by atoms with Gasteiger partial charge < -0.3 is 44.7 Å². The van der Waals surface area contributed by atoms with Crippen molar-refractivity contribution < 1.29 is 38.9 Å². The highest BCUT2D eigenvalue weighted by molar-refractivity contribution is 5.75. The van der Waals surface area contributed by atoms with Gasteiger partial charge in [0, 0.05) is 44.8 Å². The Morgan fingerprint density at radius 2 is 1.15 bits per heavy atom. The molecule has 0 aromatic rings. The van der Waals surface area contributed by atoms with Gasteiger partial charge in [-0.05, 0) is 57.8 Å². The van der Waals surface area contributed by atoms with Crippen molar-refractivity contribution in [3.63, 3.8) is 0 Å². The first-order valence-corrected chi connectivity index (χ1v) is 20.2. The number of ether oxygens (including phenoxy) is 4. The van der Waals surface area contributed by atoms with E-state index in [0.29, 0.717) is 90.2 Å². The Balaban J connectivity index is 3.51. The Kier molecular flexibility index (Phi) is 36.8. The minimum absolute atomic E-state index is 0.0732. The van der Waals surface area contributed by atoms with Crippen molar-refractivity contribution >= 4 is 12.2 Å². The summed E-state index contributed by atoms with van der Waals surface area (Å²) < 4.78 is 22.3. The van der Waals surface area contributed by atoms with Gasteiger partial charge >= 0.3 is 0 Å². The van der Waals surface area contributed by atoms with E-state index in [2.05, 4.69) is 37.3 Å². The van der Waals surface area contributed by atoms with Crippen molar-refractivity contribution in [3.05, 3.63) is 36.8 Å². The first-order chi connectivity index (χ1) is 25.3. The zero-order valence-corrected chi connectivity index (χ0v) is 32.9. The van der Waals surface area contributed by atoms with Gasteiger partial charge in [-0.1, -0.05) is 95.9 Å². The van der Waals surface area contributed by atoms with Gasteiger partial charge in [-0.15, -0.1) is 0 Å². The van der Waals surface area contributed by atoms with Gasteiger partial charge in [0.15, 0.2) is 0 Å². The van der Waals surface area contributed by atoms with Crippen LogP contribution in [0.3, 0.4) is 0 Å². The molecule has 0 rings (SSSR count). The van der Waals surface area contributed by atoms with Crippen molar-refractivity contribution in [3.8, 4) is 0 Å². The van der Waals surface area contributed by atoms with E-state index in [4.69, 9.17) is 29.3 Å². The molecular formula is C41H77N3O8. The smallest absolute Gasteiger partial charge is 0.220 e. The number of hydrogen-bond acceptors (Lipinski definition) is 10. The van der Waals surface area contributed by atoms with Crippen LogP contribution in [0.4, 0.5) is 0 Å². The van der Waals surface area contributed by atoms with E-state index in [1.165, 1.54) is 76.2 Å². The van der Waals surface area contributed by atoms with Gasteiger partial charge in [0.2, 0.25) is 5.91 Å². The molecule has 0 aliphatic carbocycles. The summed E-state index contributed by atoms with van der Waals surface area (Å²) in [5.74, 6) is 0.795. The largest absolute Gasteiger partial charge is 0.513 e. The van der Waals surface area contributed by atoms with Crippen LogP contribution in [-0.2, 0) is 28.5 Å². The van der Waals surface area contributed by atoms with E-state index in [1.54, 1.807) is 0 Å². The number of nitrogens with one attached hydrogen (secondary N) is 3. The molecule has 0 radical (unpaired) electrons. The number of aliphatic hydroxyl groups is 1. The fraction of sp³-hybridized carbons (Fsp3) is 0.805. The van der Waals surface area contributed by atoms with Crippen molar-refractivity contribution in [2.75, 3.05) is 65.9 Å². The molecule has 11 nitrogen and oxygen atoms in total. The SMILES string of the molecule is C=C(O)CCCCCCCCCCCCCC[C@@H](CCC(=O)NCCOCCOCCCOCCOCC(=C)NCCCCC(C=O)NO)C(=C)C. The minimum Gasteiger partial charge on any atom is -0.513 e. The Bertz CT molecular complexity index is 888. The van der Waals surface area contributed by atoms with Crippen molar-refractivity contribution in [2.24, 2.45) is 5.92 Å². The summed E-state index contributed by atoms with van der Waals surface area (Å²) in [7, 11) is 0. The molecule has 0 aliphatic heterocycles. The monoisotopic (exact) mass is 740 g/mol. The van der Waals surface area contributed by atoms with E-state index >= 15 is 0 Å². The van der Waals surface area contributed by atoms with Crippen LogP contribution >= 0.6 is 0 Å². The fourth-order valence-corrected chi connectivity index (χ4v) is 5.75. The van der Waals surface area contributed by atoms with Crippen molar-refractivity contribution in [1.29, 1.82) is 0 Å². The standard InChI is InChI=1S/C41H77N3O8/c1-36(2)39(21-16-14-12-10-8-6-5-7-9-11-13-15-20-38(4)46)23-24-41(47)43-26-29-51-31-30-49-27-19-28-50-32-33-52-35-37(3)42-25-18-17-22-40(34-45)44-48/h34,39-40,42,44,46,48H,1,3-33,35H2,2H3,(H,43,47)/t39-,40?/m0/s1. The lowest BCUT2D eigenvalue weighted by Crippen LogP contribution is -2.28. The Hall–Kier alpha value is -2.28. The second kappa shape index (κ2) is 38.4. The Morgan fingerprint density at radius 1 is 0.615 bits per heavy atom. The summed E-state index contributed by atoms with van der Waals surface area (Å²) in [5, 5.41) is 24.0. The molecule has 0 saturated carbocycles. The van der Waals surface area contributed by atoms with E-state index in [1.807, 2.05) is 5.48 Å². The first-order valence-electron chi connectivity index (χ1n) is 20.2. The summed E-state index contributed by atoms with van der Waals surface area (Å²) in [5.41, 5.74) is 3.96. The van der Waals surface area contributed by atoms with E-state index in [-0.39, 0.29) is 5.91 Å². The lowest BCUT2D eigenvalue weighted by molar-refractivity contribution is -0.121. The van der Waals surface area contributed by atoms with E-state index < -0.39 is 6.04 Å². The van der Waals surface area contributed by atoms with Gasteiger partial charge in [0.1, 0.15) is 6.29 Å². The molecule has 0 bridgehead atoms. The summed E-state index contributed by atoms with van der Waals surface area (Å²) >= 11 is 0. The van der Waals surface area contributed by atoms with Crippen molar-refractivity contribution in [1.82, 2.24) is 16.1 Å². The number of unbranched alkanes of at least 4 members (excludes halogenated alkanes) is 12. The highest BCUT2D eigenvalue weighted by Gasteiger charge is 2.12. The third-order valence-corrected chi connectivity index (χ3v) is 9.00. The van der Waals surface area contributed by atoms with Gasteiger partial charge in [-0.2, -0.15) is 5.48 Å². The van der Waals surface area contributed by atoms with Crippen LogP contribution in [0, 0.1) is 5.92 Å². The van der Waals surface area contributed by atoms with Crippen LogP contribution in [0.15, 0.2) is 36.8 Å². The average molecular weight is 740 g/mol. The molecule has 2 atom stereocenters. The lowest BCUT2D eigenvalue weighted by atomic mass is 9.90. The van der Waals surface area contributed by atoms with Crippen molar-refractivity contribution in [2.45, 2.75) is 141 Å². The number of allylic oxidation sites excluding steroid dienone is 2. The minimum atomic E-state index is -0.505. The third kappa shape index (κ3) is 36.1. The molecule has 0 spiro atoms. The van der Waals surface area contributed by atoms with Crippen LogP contribution in [0.5, 0.6) is 0 Å². The molecule has 0 heterocycles. The maximum Gasteiger partial charge on any atom is 0.220 e. The molecule has 0 fully saturated rings. The van der Waals surface area contributed by atoms with Gasteiger partial charge in [0.05, 0.1) is 51.4 Å². The molecule has 1 unspecified atom stereocenters. The van der Waals surface area contributed by atoms with Crippen LogP contribution in [0.25, 0.3) is 0 Å². The van der Waals surface area contributed by atoms with Gasteiger partial charge in [-0.3, -0.25) is 4.79 Å². The predicted molar refractivity (Wildman–Crippen MR) is 211 cm³/mol. The highest BCUT2D eigenvalue weighted by atomic mass is 16.5. The molecule has 5 N–H and O–H groups in total. The molecular weight excluding hydrogens is 662 g/mol. The number of hydroxylamine groups is 1. The molecule has 0 aromatic carbocycles. The second-order valence-corrected chi connectivity index (χ2v) is 13.9. The topological polar surface area (TPSA) is 148 Å². The van der Waals surface area contributed by atoms with Crippen LogP contribution < -0.4 is 16.1 Å². The fourth-order valence-electron chi connectivity index (χ4n) is 5.75. The predicted octanol–water partition coefficient (Wildman–Crippen LogP) is 7.88. The Morgan fingerprint density at radius 3 is 1.71 bits per heavy atom.